The van der Waals surface area contributed by atoms with Crippen molar-refractivity contribution in [3.63, 3.8) is 0 Å². The van der Waals surface area contributed by atoms with Crippen LogP contribution in [0.5, 0.6) is 5.75 Å². The zero-order valence-corrected chi connectivity index (χ0v) is 14.1. The molecule has 3 nitrogen and oxygen atoms in total. The first kappa shape index (κ1) is 17.1. The van der Waals surface area contributed by atoms with Crippen LogP contribution in [0.1, 0.15) is 30.6 Å². The Labute approximate surface area is 145 Å². The lowest BCUT2D eigenvalue weighted by molar-refractivity contribution is 0.136. The third kappa shape index (κ3) is 3.68. The SMILES string of the molecule is CCc1cc(F)cc(F)c1O[C@H](c1cncc(Cl)c1)[C@@H]1CCNC1. The van der Waals surface area contributed by atoms with Gasteiger partial charge < -0.3 is 10.1 Å². The largest absolute Gasteiger partial charge is 0.482 e. The highest BCUT2D eigenvalue weighted by atomic mass is 35.5. The fraction of sp³-hybridized carbons (Fsp3) is 0.389. The molecule has 0 radical (unpaired) electrons. The zero-order valence-electron chi connectivity index (χ0n) is 13.4. The molecule has 0 saturated carbocycles. The molecule has 1 aliphatic rings. The van der Waals surface area contributed by atoms with Crippen LogP contribution in [0.4, 0.5) is 8.78 Å². The molecule has 1 N–H and O–H groups in total. The Balaban J connectivity index is 1.98. The van der Waals surface area contributed by atoms with Crippen molar-refractivity contribution in [3.8, 4) is 5.75 Å². The number of hydrogen-bond acceptors (Lipinski definition) is 3. The Kier molecular flexibility index (Phi) is 5.31. The van der Waals surface area contributed by atoms with Crippen molar-refractivity contribution in [2.24, 2.45) is 5.92 Å². The number of aryl methyl sites for hydroxylation is 1. The van der Waals surface area contributed by atoms with Crippen molar-refractivity contribution in [3.05, 3.63) is 58.4 Å². The number of halogens is 3. The van der Waals surface area contributed by atoms with Gasteiger partial charge in [0.1, 0.15) is 11.9 Å². The highest BCUT2D eigenvalue weighted by Crippen LogP contribution is 2.36. The van der Waals surface area contributed by atoms with E-state index in [1.54, 1.807) is 18.5 Å². The molecular weight excluding hydrogens is 334 g/mol. The summed E-state index contributed by atoms with van der Waals surface area (Å²) in [6.45, 7) is 3.49. The molecule has 0 bridgehead atoms. The molecule has 1 saturated heterocycles. The number of aromatic nitrogens is 1. The molecule has 0 spiro atoms. The van der Waals surface area contributed by atoms with Crippen LogP contribution in [-0.4, -0.2) is 18.1 Å². The minimum Gasteiger partial charge on any atom is -0.482 e. The standard InChI is InChI=1S/C18H19ClF2N2O/c1-2-11-6-15(20)7-16(21)18(11)24-17(12-3-4-22-8-12)13-5-14(19)10-23-9-13/h5-7,9-10,12,17,22H,2-4,8H2,1H3/t12-,17+/m1/s1. The maximum Gasteiger partial charge on any atom is 0.168 e. The molecule has 1 aromatic heterocycles. The van der Waals surface area contributed by atoms with E-state index in [0.717, 1.165) is 31.1 Å². The third-order valence-electron chi connectivity index (χ3n) is 4.29. The highest BCUT2D eigenvalue weighted by molar-refractivity contribution is 6.30. The summed E-state index contributed by atoms with van der Waals surface area (Å²) in [4.78, 5) is 4.11. The molecule has 1 aromatic carbocycles. The van der Waals surface area contributed by atoms with Gasteiger partial charge >= 0.3 is 0 Å². The summed E-state index contributed by atoms with van der Waals surface area (Å²) >= 11 is 6.05. The van der Waals surface area contributed by atoms with E-state index in [2.05, 4.69) is 10.3 Å². The van der Waals surface area contributed by atoms with Gasteiger partial charge in [0.25, 0.3) is 0 Å². The van der Waals surface area contributed by atoms with E-state index >= 15 is 0 Å². The van der Waals surface area contributed by atoms with Crippen LogP contribution in [0, 0.1) is 17.6 Å². The summed E-state index contributed by atoms with van der Waals surface area (Å²) in [5.41, 5.74) is 1.31. The molecule has 0 unspecified atom stereocenters. The second kappa shape index (κ2) is 7.45. The first-order valence-electron chi connectivity index (χ1n) is 8.04. The first-order valence-corrected chi connectivity index (χ1v) is 8.42. The van der Waals surface area contributed by atoms with E-state index in [1.165, 1.54) is 6.07 Å². The van der Waals surface area contributed by atoms with Crippen molar-refractivity contribution >= 4 is 11.6 Å². The Morgan fingerprint density at radius 1 is 1.33 bits per heavy atom. The summed E-state index contributed by atoms with van der Waals surface area (Å²) in [7, 11) is 0. The third-order valence-corrected chi connectivity index (χ3v) is 4.50. The number of benzene rings is 1. The lowest BCUT2D eigenvalue weighted by Gasteiger charge is -2.26. The predicted octanol–water partition coefficient (Wildman–Crippen LogP) is 4.31. The van der Waals surface area contributed by atoms with Crippen LogP contribution in [0.15, 0.2) is 30.6 Å². The van der Waals surface area contributed by atoms with Gasteiger partial charge in [0.15, 0.2) is 11.6 Å². The molecular formula is C18H19ClF2N2O. The molecule has 0 aliphatic carbocycles. The molecule has 128 valence electrons. The van der Waals surface area contributed by atoms with Crippen LogP contribution in [0.25, 0.3) is 0 Å². The van der Waals surface area contributed by atoms with Crippen molar-refractivity contribution in [1.29, 1.82) is 0 Å². The number of ether oxygens (including phenoxy) is 1. The van der Waals surface area contributed by atoms with Crippen LogP contribution in [-0.2, 0) is 6.42 Å². The maximum absolute atomic E-state index is 14.3. The minimum atomic E-state index is -0.683. The summed E-state index contributed by atoms with van der Waals surface area (Å²) in [5, 5.41) is 3.79. The van der Waals surface area contributed by atoms with Gasteiger partial charge in [0.05, 0.1) is 5.02 Å². The van der Waals surface area contributed by atoms with E-state index in [-0.39, 0.29) is 11.7 Å². The molecule has 1 fully saturated rings. The smallest absolute Gasteiger partial charge is 0.168 e. The normalized spacial score (nSPS) is 18.6. The van der Waals surface area contributed by atoms with E-state index in [4.69, 9.17) is 16.3 Å². The lowest BCUT2D eigenvalue weighted by Crippen LogP contribution is -2.22. The lowest BCUT2D eigenvalue weighted by atomic mass is 9.95. The number of pyridine rings is 1. The topological polar surface area (TPSA) is 34.1 Å². The number of nitrogens with one attached hydrogen (secondary N) is 1. The van der Waals surface area contributed by atoms with Gasteiger partial charge in [-0.15, -0.1) is 0 Å². The quantitative estimate of drug-likeness (QED) is 0.871. The summed E-state index contributed by atoms with van der Waals surface area (Å²) < 4.78 is 33.9. The van der Waals surface area contributed by atoms with E-state index in [1.807, 2.05) is 6.92 Å². The van der Waals surface area contributed by atoms with Gasteiger partial charge in [0.2, 0.25) is 0 Å². The van der Waals surface area contributed by atoms with E-state index in [0.29, 0.717) is 17.0 Å². The second-order valence-corrected chi connectivity index (χ2v) is 6.39. The molecule has 3 rings (SSSR count). The molecule has 2 heterocycles. The molecule has 2 aromatic rings. The fourth-order valence-corrected chi connectivity index (χ4v) is 3.27. The van der Waals surface area contributed by atoms with Gasteiger partial charge in [-0.25, -0.2) is 8.78 Å². The summed E-state index contributed by atoms with van der Waals surface area (Å²) in [5.74, 6) is -1.01. The van der Waals surface area contributed by atoms with Gasteiger partial charge in [-0.1, -0.05) is 18.5 Å². The van der Waals surface area contributed by atoms with Gasteiger partial charge in [0, 0.05) is 36.5 Å². The van der Waals surface area contributed by atoms with Crippen molar-refractivity contribution in [1.82, 2.24) is 10.3 Å². The zero-order chi connectivity index (χ0) is 17.1. The molecule has 2 atom stereocenters. The average Bonchev–Trinajstić information content (AvgIpc) is 3.07. The van der Waals surface area contributed by atoms with Crippen LogP contribution in [0.3, 0.4) is 0 Å². The van der Waals surface area contributed by atoms with Gasteiger partial charge in [-0.05, 0) is 37.1 Å². The van der Waals surface area contributed by atoms with E-state index < -0.39 is 17.7 Å². The van der Waals surface area contributed by atoms with Crippen LogP contribution < -0.4 is 10.1 Å². The summed E-state index contributed by atoms with van der Waals surface area (Å²) in [6, 6.07) is 3.96. The van der Waals surface area contributed by atoms with Crippen LogP contribution in [0.2, 0.25) is 5.02 Å². The van der Waals surface area contributed by atoms with E-state index in [9.17, 15) is 8.78 Å². The Bertz CT molecular complexity index is 720. The van der Waals surface area contributed by atoms with Crippen molar-refractivity contribution in [2.45, 2.75) is 25.9 Å². The molecule has 6 heteroatoms. The van der Waals surface area contributed by atoms with Gasteiger partial charge in [-0.3, -0.25) is 4.98 Å². The second-order valence-electron chi connectivity index (χ2n) is 5.96. The van der Waals surface area contributed by atoms with Crippen molar-refractivity contribution < 1.29 is 13.5 Å². The van der Waals surface area contributed by atoms with Gasteiger partial charge in [-0.2, -0.15) is 0 Å². The number of nitrogens with zero attached hydrogens (tertiary/aromatic N) is 1. The molecule has 1 aliphatic heterocycles. The first-order chi connectivity index (χ1) is 11.6. The predicted molar refractivity (Wildman–Crippen MR) is 89.3 cm³/mol. The summed E-state index contributed by atoms with van der Waals surface area (Å²) in [6.07, 6.45) is 4.22. The Morgan fingerprint density at radius 3 is 2.83 bits per heavy atom. The maximum atomic E-state index is 14.3. The highest BCUT2D eigenvalue weighted by Gasteiger charge is 2.30. The number of hydrogen-bond donors (Lipinski definition) is 1. The monoisotopic (exact) mass is 352 g/mol. The molecule has 24 heavy (non-hydrogen) atoms. The molecule has 0 amide bonds. The van der Waals surface area contributed by atoms with Crippen molar-refractivity contribution in [2.75, 3.05) is 13.1 Å². The Morgan fingerprint density at radius 2 is 2.17 bits per heavy atom. The minimum absolute atomic E-state index is 0.107. The fourth-order valence-electron chi connectivity index (χ4n) is 3.09. The average molecular weight is 353 g/mol. The van der Waals surface area contributed by atoms with Crippen LogP contribution >= 0.6 is 11.6 Å². The Hall–Kier alpha value is -1.72. The number of rotatable bonds is 5.